The molecule has 2 nitrogen and oxygen atoms in total. The molecule has 0 aromatic heterocycles. The molecule has 2 aliphatic carbocycles. The molecule has 4 rings (SSSR count). The monoisotopic (exact) mass is 307 g/mol. The Balaban J connectivity index is 1.38. The molecule has 23 heavy (non-hydrogen) atoms. The van der Waals surface area contributed by atoms with Crippen LogP contribution in [0.25, 0.3) is 0 Å². The van der Waals surface area contributed by atoms with E-state index in [0.717, 1.165) is 31.4 Å². The van der Waals surface area contributed by atoms with Crippen LogP contribution in [0.5, 0.6) is 0 Å². The van der Waals surface area contributed by atoms with E-state index in [9.17, 15) is 5.11 Å². The largest absolute Gasteiger partial charge is 0.388 e. The smallest absolute Gasteiger partial charge is 0.0858 e. The minimum absolute atomic E-state index is 0.0539. The lowest BCUT2D eigenvalue weighted by atomic mass is 9.87. The van der Waals surface area contributed by atoms with E-state index in [-0.39, 0.29) is 11.5 Å². The van der Waals surface area contributed by atoms with Gasteiger partial charge in [0.15, 0.2) is 0 Å². The van der Waals surface area contributed by atoms with Crippen LogP contribution in [0.3, 0.4) is 0 Å². The first-order valence-corrected chi connectivity index (χ1v) is 8.80. The molecule has 2 heteroatoms. The van der Waals surface area contributed by atoms with Gasteiger partial charge in [-0.05, 0) is 48.8 Å². The maximum atomic E-state index is 10.8. The van der Waals surface area contributed by atoms with Crippen LogP contribution in [0, 0.1) is 5.41 Å². The number of benzene rings is 2. The lowest BCUT2D eigenvalue weighted by Crippen LogP contribution is -2.39. The lowest BCUT2D eigenvalue weighted by Gasteiger charge is -2.29. The highest BCUT2D eigenvalue weighted by Gasteiger charge is 2.49. The highest BCUT2D eigenvalue weighted by atomic mass is 16.3. The average molecular weight is 307 g/mol. The van der Waals surface area contributed by atoms with Gasteiger partial charge in [0.25, 0.3) is 0 Å². The lowest BCUT2D eigenvalue weighted by molar-refractivity contribution is 0.0895. The van der Waals surface area contributed by atoms with E-state index in [1.165, 1.54) is 24.0 Å². The van der Waals surface area contributed by atoms with Gasteiger partial charge < -0.3 is 10.4 Å². The molecule has 2 aromatic carbocycles. The van der Waals surface area contributed by atoms with Crippen molar-refractivity contribution in [3.05, 3.63) is 71.3 Å². The Kier molecular flexibility index (Phi) is 3.96. The number of hydrogen-bond donors (Lipinski definition) is 2. The highest BCUT2D eigenvalue weighted by molar-refractivity contribution is 5.30. The highest BCUT2D eigenvalue weighted by Crippen LogP contribution is 2.54. The van der Waals surface area contributed by atoms with E-state index < -0.39 is 0 Å². The fourth-order valence-corrected chi connectivity index (χ4v) is 3.92. The summed E-state index contributed by atoms with van der Waals surface area (Å²) >= 11 is 0. The molecule has 1 saturated carbocycles. The summed E-state index contributed by atoms with van der Waals surface area (Å²) in [5, 5.41) is 14.5. The Hall–Kier alpha value is -1.64. The van der Waals surface area contributed by atoms with Crippen molar-refractivity contribution in [2.75, 3.05) is 6.54 Å². The summed E-state index contributed by atoms with van der Waals surface area (Å²) in [6, 6.07) is 19.5. The molecule has 2 N–H and O–H groups in total. The van der Waals surface area contributed by atoms with Crippen LogP contribution < -0.4 is 5.32 Å². The third kappa shape index (κ3) is 3.06. The molecule has 1 fully saturated rings. The van der Waals surface area contributed by atoms with Gasteiger partial charge in [0, 0.05) is 18.0 Å². The summed E-state index contributed by atoms with van der Waals surface area (Å²) in [5.41, 5.74) is 4.11. The second kappa shape index (κ2) is 6.10. The maximum absolute atomic E-state index is 10.8. The van der Waals surface area contributed by atoms with E-state index >= 15 is 0 Å². The molecule has 0 radical (unpaired) electrons. The Morgan fingerprint density at radius 3 is 2.43 bits per heavy atom. The zero-order valence-corrected chi connectivity index (χ0v) is 13.5. The SMILES string of the molecule is O[C@H](c1ccccc1)C1(CN[C@H]2CCc3ccccc3C2)CC1. The first-order valence-electron chi connectivity index (χ1n) is 8.80. The third-order valence-electron chi connectivity index (χ3n) is 5.68. The number of aliphatic hydroxyl groups excluding tert-OH is 1. The fourth-order valence-electron chi connectivity index (χ4n) is 3.92. The van der Waals surface area contributed by atoms with E-state index in [1.54, 1.807) is 0 Å². The van der Waals surface area contributed by atoms with Crippen molar-refractivity contribution in [1.82, 2.24) is 5.32 Å². The van der Waals surface area contributed by atoms with E-state index in [0.29, 0.717) is 6.04 Å². The Morgan fingerprint density at radius 2 is 1.70 bits per heavy atom. The van der Waals surface area contributed by atoms with Gasteiger partial charge in [0.05, 0.1) is 6.10 Å². The van der Waals surface area contributed by atoms with Gasteiger partial charge in [-0.25, -0.2) is 0 Å². The van der Waals surface area contributed by atoms with Gasteiger partial charge >= 0.3 is 0 Å². The molecule has 0 spiro atoms. The summed E-state index contributed by atoms with van der Waals surface area (Å²) < 4.78 is 0. The fraction of sp³-hybridized carbons (Fsp3) is 0.429. The zero-order valence-electron chi connectivity index (χ0n) is 13.5. The van der Waals surface area contributed by atoms with E-state index in [2.05, 4.69) is 29.6 Å². The summed E-state index contributed by atoms with van der Waals surface area (Å²) in [7, 11) is 0. The van der Waals surface area contributed by atoms with Crippen molar-refractivity contribution < 1.29 is 5.11 Å². The summed E-state index contributed by atoms with van der Waals surface area (Å²) in [4.78, 5) is 0. The van der Waals surface area contributed by atoms with Gasteiger partial charge in [0.1, 0.15) is 0 Å². The van der Waals surface area contributed by atoms with Crippen LogP contribution in [0.15, 0.2) is 54.6 Å². The van der Waals surface area contributed by atoms with Crippen LogP contribution in [-0.4, -0.2) is 17.7 Å². The van der Waals surface area contributed by atoms with Gasteiger partial charge in [-0.1, -0.05) is 54.6 Å². The quantitative estimate of drug-likeness (QED) is 0.884. The second-order valence-corrected chi connectivity index (χ2v) is 7.26. The maximum Gasteiger partial charge on any atom is 0.0858 e. The zero-order chi connectivity index (χ0) is 15.7. The first-order chi connectivity index (χ1) is 11.3. The van der Waals surface area contributed by atoms with Gasteiger partial charge in [-0.15, -0.1) is 0 Å². The summed E-state index contributed by atoms with van der Waals surface area (Å²) in [5.74, 6) is 0. The Bertz CT molecular complexity index is 663. The molecule has 120 valence electrons. The molecule has 0 amide bonds. The van der Waals surface area contributed by atoms with Crippen molar-refractivity contribution >= 4 is 0 Å². The number of hydrogen-bond acceptors (Lipinski definition) is 2. The van der Waals surface area contributed by atoms with Crippen LogP contribution >= 0.6 is 0 Å². The van der Waals surface area contributed by atoms with Crippen LogP contribution in [0.1, 0.15) is 42.1 Å². The molecule has 2 aromatic rings. The average Bonchev–Trinajstić information content (AvgIpc) is 3.41. The van der Waals surface area contributed by atoms with Crippen molar-refractivity contribution in [2.24, 2.45) is 5.41 Å². The molecule has 2 atom stereocenters. The van der Waals surface area contributed by atoms with E-state index in [1.807, 2.05) is 30.3 Å². The Morgan fingerprint density at radius 1 is 1.00 bits per heavy atom. The number of aliphatic hydroxyl groups is 1. The van der Waals surface area contributed by atoms with Crippen molar-refractivity contribution in [3.63, 3.8) is 0 Å². The molecule has 0 heterocycles. The van der Waals surface area contributed by atoms with Crippen LogP contribution in [0.4, 0.5) is 0 Å². The number of nitrogens with one attached hydrogen (secondary N) is 1. The normalized spacial score (nSPS) is 23.1. The number of rotatable bonds is 5. The third-order valence-corrected chi connectivity index (χ3v) is 5.68. The van der Waals surface area contributed by atoms with Crippen LogP contribution in [0.2, 0.25) is 0 Å². The molecular formula is C21H25NO. The van der Waals surface area contributed by atoms with Crippen LogP contribution in [-0.2, 0) is 12.8 Å². The molecule has 2 aliphatic rings. The molecular weight excluding hydrogens is 282 g/mol. The van der Waals surface area contributed by atoms with Gasteiger partial charge in [0.2, 0.25) is 0 Å². The van der Waals surface area contributed by atoms with Gasteiger partial charge in [-0.3, -0.25) is 0 Å². The van der Waals surface area contributed by atoms with Crippen molar-refractivity contribution in [1.29, 1.82) is 0 Å². The summed E-state index contributed by atoms with van der Waals surface area (Å²) in [6.45, 7) is 0.926. The number of aryl methyl sites for hydroxylation is 1. The van der Waals surface area contributed by atoms with Crippen molar-refractivity contribution in [2.45, 2.75) is 44.2 Å². The summed E-state index contributed by atoms with van der Waals surface area (Å²) in [6.07, 6.45) is 5.40. The number of fused-ring (bicyclic) bond motifs is 1. The van der Waals surface area contributed by atoms with E-state index in [4.69, 9.17) is 0 Å². The Labute approximate surface area is 138 Å². The first kappa shape index (κ1) is 14.9. The molecule has 0 aliphatic heterocycles. The standard InChI is InChI=1S/C21H25NO/c23-20(17-7-2-1-3-8-17)21(12-13-21)15-22-19-11-10-16-6-4-5-9-18(16)14-19/h1-9,19-20,22-23H,10-15H2/t19-,20+/m0/s1. The van der Waals surface area contributed by atoms with Crippen molar-refractivity contribution in [3.8, 4) is 0 Å². The minimum Gasteiger partial charge on any atom is -0.388 e. The molecule has 0 saturated heterocycles. The second-order valence-electron chi connectivity index (χ2n) is 7.26. The predicted octanol–water partition coefficient (Wildman–Crippen LogP) is 3.65. The predicted molar refractivity (Wildman–Crippen MR) is 93.3 cm³/mol. The molecule has 0 unspecified atom stereocenters. The van der Waals surface area contributed by atoms with Gasteiger partial charge in [-0.2, -0.15) is 0 Å². The minimum atomic E-state index is -0.341. The topological polar surface area (TPSA) is 32.3 Å². The molecule has 0 bridgehead atoms.